The number of primary sulfonamides is 1. The van der Waals surface area contributed by atoms with Crippen LogP contribution in [0.2, 0.25) is 0 Å². The second-order valence-corrected chi connectivity index (χ2v) is 2.60. The highest BCUT2D eigenvalue weighted by molar-refractivity contribution is 7.89. The second-order valence-electron chi connectivity index (χ2n) is 0.867. The van der Waals surface area contributed by atoms with Crippen LogP contribution in [0, 0.1) is 6.92 Å². The average Bonchev–Trinajstić information content (AvgIpc) is 1.35. The number of nitrogens with two attached hydrogens (primary N) is 1. The molecule has 0 unspecified atom stereocenters. The van der Waals surface area contributed by atoms with E-state index in [1.807, 2.05) is 0 Å². The summed E-state index contributed by atoms with van der Waals surface area (Å²) in [6.07, 6.45) is 0. The smallest absolute Gasteiger partial charge is 0.209 e. The van der Waals surface area contributed by atoms with Gasteiger partial charge in [-0.25, -0.2) is 13.6 Å². The first kappa shape index (κ1) is 5.91. The van der Waals surface area contributed by atoms with Crippen molar-refractivity contribution < 1.29 is 8.42 Å². The molecule has 0 aliphatic heterocycles. The standard InChI is InChI=1S/C2H6NO2S/c1-2-6(3,4)5/h1-2H2,(H2,3,4,5). The van der Waals surface area contributed by atoms with E-state index in [1.165, 1.54) is 0 Å². The highest BCUT2D eigenvalue weighted by atomic mass is 32.2. The van der Waals surface area contributed by atoms with Crippen molar-refractivity contribution in [3.63, 3.8) is 0 Å². The van der Waals surface area contributed by atoms with E-state index >= 15 is 0 Å². The fourth-order valence-electron chi connectivity index (χ4n) is 0. The molecule has 0 rings (SSSR count). The summed E-state index contributed by atoms with van der Waals surface area (Å²) >= 11 is 0. The Morgan fingerprint density at radius 3 is 1.83 bits per heavy atom. The van der Waals surface area contributed by atoms with Gasteiger partial charge >= 0.3 is 0 Å². The molecule has 0 bridgehead atoms. The number of hydrogen-bond acceptors (Lipinski definition) is 2. The number of sulfonamides is 1. The molecule has 0 fully saturated rings. The van der Waals surface area contributed by atoms with Gasteiger partial charge in [-0.05, 0) is 6.92 Å². The molecule has 0 atom stereocenters. The lowest BCUT2D eigenvalue weighted by molar-refractivity contribution is 0.600. The lowest BCUT2D eigenvalue weighted by atomic mass is 11.0. The Morgan fingerprint density at radius 2 is 1.83 bits per heavy atom. The number of hydrogen-bond donors (Lipinski definition) is 1. The summed E-state index contributed by atoms with van der Waals surface area (Å²) in [6.45, 7) is 3.04. The van der Waals surface area contributed by atoms with Crippen LogP contribution in [-0.2, 0) is 10.0 Å². The van der Waals surface area contributed by atoms with Gasteiger partial charge in [0, 0.05) is 0 Å². The zero-order valence-electron chi connectivity index (χ0n) is 3.22. The largest absolute Gasteiger partial charge is 0.229 e. The summed E-state index contributed by atoms with van der Waals surface area (Å²) in [7, 11) is -3.27. The summed E-state index contributed by atoms with van der Waals surface area (Å²) in [5, 5.41) is 4.44. The molecule has 6 heavy (non-hydrogen) atoms. The summed E-state index contributed by atoms with van der Waals surface area (Å²) in [5.41, 5.74) is 0. The summed E-state index contributed by atoms with van der Waals surface area (Å²) in [6, 6.07) is 0. The monoisotopic (exact) mass is 108 g/mol. The molecule has 4 heteroatoms. The SMILES string of the molecule is [CH2]CS(N)(=O)=O. The van der Waals surface area contributed by atoms with Crippen LogP contribution in [0.15, 0.2) is 0 Å². The van der Waals surface area contributed by atoms with E-state index in [1.54, 1.807) is 0 Å². The zero-order chi connectivity index (χ0) is 5.21. The van der Waals surface area contributed by atoms with Gasteiger partial charge in [-0.2, -0.15) is 0 Å². The van der Waals surface area contributed by atoms with Crippen LogP contribution in [0.1, 0.15) is 0 Å². The third kappa shape index (κ3) is 3.91. The van der Waals surface area contributed by atoms with Gasteiger partial charge < -0.3 is 0 Å². The molecule has 0 aromatic carbocycles. The molecule has 0 aromatic rings. The van der Waals surface area contributed by atoms with E-state index in [0.29, 0.717) is 0 Å². The Labute approximate surface area is 37.2 Å². The highest BCUT2D eigenvalue weighted by Crippen LogP contribution is 1.67. The summed E-state index contributed by atoms with van der Waals surface area (Å²) in [5.74, 6) is -0.229. The molecule has 0 aliphatic rings. The van der Waals surface area contributed by atoms with Crippen molar-refractivity contribution in [2.75, 3.05) is 5.75 Å². The van der Waals surface area contributed by atoms with Crippen molar-refractivity contribution in [3.8, 4) is 0 Å². The van der Waals surface area contributed by atoms with Crippen molar-refractivity contribution in [3.05, 3.63) is 6.92 Å². The summed E-state index contributed by atoms with van der Waals surface area (Å²) < 4.78 is 19.4. The van der Waals surface area contributed by atoms with Gasteiger partial charge in [0.1, 0.15) is 0 Å². The fourth-order valence-corrected chi connectivity index (χ4v) is 0. The van der Waals surface area contributed by atoms with E-state index in [4.69, 9.17) is 0 Å². The van der Waals surface area contributed by atoms with Gasteiger partial charge in [-0.1, -0.05) is 0 Å². The van der Waals surface area contributed by atoms with Gasteiger partial charge in [0.05, 0.1) is 5.75 Å². The van der Waals surface area contributed by atoms with E-state index < -0.39 is 10.0 Å². The molecule has 0 spiro atoms. The van der Waals surface area contributed by atoms with Crippen LogP contribution in [0.4, 0.5) is 0 Å². The van der Waals surface area contributed by atoms with Crippen LogP contribution < -0.4 is 5.14 Å². The third-order valence-corrected chi connectivity index (χ3v) is 0.854. The van der Waals surface area contributed by atoms with Gasteiger partial charge in [0.25, 0.3) is 0 Å². The fraction of sp³-hybridized carbons (Fsp3) is 0.500. The van der Waals surface area contributed by atoms with E-state index in [2.05, 4.69) is 12.1 Å². The first-order valence-corrected chi connectivity index (χ1v) is 3.07. The predicted octanol–water partition coefficient (Wildman–Crippen LogP) is -0.891. The molecule has 37 valence electrons. The molecule has 0 saturated heterocycles. The van der Waals surface area contributed by atoms with Crippen molar-refractivity contribution in [2.24, 2.45) is 5.14 Å². The molecule has 0 heterocycles. The maximum atomic E-state index is 9.72. The molecule has 0 aromatic heterocycles. The van der Waals surface area contributed by atoms with E-state index in [0.717, 1.165) is 0 Å². The minimum absolute atomic E-state index is 0.229. The minimum atomic E-state index is -3.27. The van der Waals surface area contributed by atoms with Crippen molar-refractivity contribution in [1.82, 2.24) is 0 Å². The van der Waals surface area contributed by atoms with Crippen LogP contribution >= 0.6 is 0 Å². The Morgan fingerprint density at radius 1 is 1.67 bits per heavy atom. The molecule has 2 N–H and O–H groups in total. The highest BCUT2D eigenvalue weighted by Gasteiger charge is 1.91. The van der Waals surface area contributed by atoms with Gasteiger partial charge in [0.2, 0.25) is 10.0 Å². The Kier molecular flexibility index (Phi) is 1.55. The molecular weight excluding hydrogens is 102 g/mol. The summed E-state index contributed by atoms with van der Waals surface area (Å²) in [4.78, 5) is 0. The first-order valence-electron chi connectivity index (χ1n) is 1.36. The minimum Gasteiger partial charge on any atom is -0.229 e. The van der Waals surface area contributed by atoms with Crippen LogP contribution in [0.5, 0.6) is 0 Å². The van der Waals surface area contributed by atoms with Gasteiger partial charge in [-0.3, -0.25) is 0 Å². The first-order chi connectivity index (χ1) is 2.56. The molecule has 0 amide bonds. The normalized spacial score (nSPS) is 11.7. The molecule has 3 nitrogen and oxygen atoms in total. The Bertz CT molecular complexity index is 114. The maximum absolute atomic E-state index is 9.72. The van der Waals surface area contributed by atoms with Crippen LogP contribution in [0.3, 0.4) is 0 Å². The zero-order valence-corrected chi connectivity index (χ0v) is 4.03. The van der Waals surface area contributed by atoms with E-state index in [9.17, 15) is 8.42 Å². The van der Waals surface area contributed by atoms with Crippen molar-refractivity contribution >= 4 is 10.0 Å². The van der Waals surface area contributed by atoms with Gasteiger partial charge in [-0.15, -0.1) is 0 Å². The van der Waals surface area contributed by atoms with Crippen LogP contribution in [0.25, 0.3) is 0 Å². The topological polar surface area (TPSA) is 60.2 Å². The van der Waals surface area contributed by atoms with Crippen LogP contribution in [-0.4, -0.2) is 14.2 Å². The predicted molar refractivity (Wildman–Crippen MR) is 23.3 cm³/mol. The van der Waals surface area contributed by atoms with Crippen molar-refractivity contribution in [1.29, 1.82) is 0 Å². The molecule has 0 saturated carbocycles. The third-order valence-electron chi connectivity index (χ3n) is 0.285. The number of rotatable bonds is 1. The quantitative estimate of drug-likeness (QED) is 0.473. The van der Waals surface area contributed by atoms with Gasteiger partial charge in [0.15, 0.2) is 0 Å². The Balaban J connectivity index is 3.85. The maximum Gasteiger partial charge on any atom is 0.209 e. The second kappa shape index (κ2) is 1.57. The molecule has 1 radical (unpaired) electrons. The van der Waals surface area contributed by atoms with Crippen molar-refractivity contribution in [2.45, 2.75) is 0 Å². The van der Waals surface area contributed by atoms with E-state index in [-0.39, 0.29) is 5.75 Å². The lowest BCUT2D eigenvalue weighted by Gasteiger charge is -1.81. The average molecular weight is 108 g/mol. The Hall–Kier alpha value is -0.0900. The molecule has 0 aliphatic carbocycles. The lowest BCUT2D eigenvalue weighted by Crippen LogP contribution is -2.13. The molecular formula is C2H6NO2S.